The lowest BCUT2D eigenvalue weighted by Crippen LogP contribution is -2.16. The predicted octanol–water partition coefficient (Wildman–Crippen LogP) is 6.15. The van der Waals surface area contributed by atoms with Gasteiger partial charge in [-0.2, -0.15) is 0 Å². The molecule has 1 atom stereocenters. The maximum atomic E-state index is 11.6. The van der Waals surface area contributed by atoms with E-state index in [1.54, 1.807) is 7.05 Å². The Morgan fingerprint density at radius 2 is 2.04 bits per heavy atom. The Morgan fingerprint density at radius 3 is 2.68 bits per heavy atom. The minimum atomic E-state index is 0.0208. The lowest BCUT2D eigenvalue weighted by molar-refractivity contribution is -0.119. The van der Waals surface area contributed by atoms with E-state index in [9.17, 15) is 4.79 Å². The van der Waals surface area contributed by atoms with Crippen LogP contribution in [-0.4, -0.2) is 24.9 Å². The van der Waals surface area contributed by atoms with E-state index in [0.29, 0.717) is 12.3 Å². The molecular weight excluding hydrogens is 364 g/mol. The van der Waals surface area contributed by atoms with Gasteiger partial charge in [0, 0.05) is 37.1 Å². The molecule has 0 aromatic carbocycles. The summed E-state index contributed by atoms with van der Waals surface area (Å²) in [6, 6.07) is 0. The number of thioether (sulfide) groups is 1. The molecular formula is C24H34N2OS. The average Bonchev–Trinajstić information content (AvgIpc) is 2.67. The third-order valence-electron chi connectivity index (χ3n) is 4.43. The largest absolute Gasteiger partial charge is 0.359 e. The second-order valence-electron chi connectivity index (χ2n) is 6.67. The molecule has 28 heavy (non-hydrogen) atoms. The van der Waals surface area contributed by atoms with Gasteiger partial charge in [0.1, 0.15) is 0 Å². The lowest BCUT2D eigenvalue weighted by atomic mass is 9.88. The highest BCUT2D eigenvalue weighted by atomic mass is 32.2. The zero-order valence-corrected chi connectivity index (χ0v) is 18.9. The fourth-order valence-corrected chi connectivity index (χ4v) is 4.12. The summed E-state index contributed by atoms with van der Waals surface area (Å²) in [6.45, 7) is 10.4. The van der Waals surface area contributed by atoms with E-state index in [-0.39, 0.29) is 5.91 Å². The molecule has 0 spiro atoms. The molecule has 1 heterocycles. The molecule has 1 unspecified atom stereocenters. The summed E-state index contributed by atoms with van der Waals surface area (Å²) in [4.78, 5) is 17.4. The molecule has 0 radical (unpaired) electrons. The number of rotatable bonds is 9. The molecule has 1 amide bonds. The molecule has 4 heteroatoms. The van der Waals surface area contributed by atoms with Gasteiger partial charge in [0.05, 0.1) is 0 Å². The van der Waals surface area contributed by atoms with Gasteiger partial charge in [-0.05, 0) is 61.8 Å². The van der Waals surface area contributed by atoms with Crippen LogP contribution in [0, 0.1) is 5.92 Å². The lowest BCUT2D eigenvalue weighted by Gasteiger charge is -2.25. The first kappa shape index (κ1) is 24.0. The topological polar surface area (TPSA) is 41.5 Å². The highest BCUT2D eigenvalue weighted by molar-refractivity contribution is 8.03. The number of hydrogen-bond donors (Lipinski definition) is 1. The third-order valence-corrected chi connectivity index (χ3v) is 5.54. The second kappa shape index (κ2) is 13.2. The van der Waals surface area contributed by atoms with Crippen molar-refractivity contribution in [1.82, 2.24) is 5.32 Å². The van der Waals surface area contributed by atoms with Crippen LogP contribution in [0.1, 0.15) is 47.5 Å². The maximum Gasteiger partial charge on any atom is 0.223 e. The van der Waals surface area contributed by atoms with Crippen molar-refractivity contribution in [3.05, 3.63) is 69.9 Å². The van der Waals surface area contributed by atoms with Crippen molar-refractivity contribution in [2.75, 3.05) is 12.8 Å². The van der Waals surface area contributed by atoms with Crippen molar-refractivity contribution < 1.29 is 4.79 Å². The maximum absolute atomic E-state index is 11.6. The molecule has 1 aliphatic heterocycles. The summed E-state index contributed by atoms with van der Waals surface area (Å²) in [5.41, 5.74) is 4.80. The van der Waals surface area contributed by atoms with Crippen LogP contribution in [-0.2, 0) is 4.79 Å². The van der Waals surface area contributed by atoms with Gasteiger partial charge in [-0.25, -0.2) is 0 Å². The summed E-state index contributed by atoms with van der Waals surface area (Å²) in [5, 5.41) is 2.67. The summed E-state index contributed by atoms with van der Waals surface area (Å²) < 4.78 is 0. The molecule has 0 aliphatic carbocycles. The predicted molar refractivity (Wildman–Crippen MR) is 126 cm³/mol. The Bertz CT molecular complexity index is 749. The first-order valence-electron chi connectivity index (χ1n) is 9.83. The van der Waals surface area contributed by atoms with Crippen molar-refractivity contribution in [2.45, 2.75) is 47.5 Å². The fraction of sp³-hybridized carbons (Fsp3) is 0.417. The van der Waals surface area contributed by atoms with E-state index in [4.69, 9.17) is 0 Å². The Hall–Kier alpha value is -2.07. The molecule has 0 saturated heterocycles. The standard InChI is InChI=1S/C24H34N2OS/c1-7-9-10-11-13-18(3)24-20(5)28-17-21(16-19(4)26-8-2)22(24)14-12-15-23(27)25-6/h7-9,11-14,16,18H,10,15,17H2,1-6H3,(H,25,27)/b9-7-,13-11?,14-12-,19-16+,26-8+. The van der Waals surface area contributed by atoms with Gasteiger partial charge >= 0.3 is 0 Å². The number of aliphatic imine (C=N–C) groups is 1. The fourth-order valence-electron chi connectivity index (χ4n) is 3.06. The van der Waals surface area contributed by atoms with Crippen LogP contribution in [0.15, 0.2) is 74.8 Å². The van der Waals surface area contributed by atoms with Gasteiger partial charge in [-0.3, -0.25) is 9.79 Å². The summed E-state index contributed by atoms with van der Waals surface area (Å²) in [7, 11) is 1.67. The quantitative estimate of drug-likeness (QED) is 0.374. The molecule has 3 nitrogen and oxygen atoms in total. The zero-order chi connectivity index (χ0) is 20.9. The first-order valence-corrected chi connectivity index (χ1v) is 10.8. The van der Waals surface area contributed by atoms with Crippen LogP contribution >= 0.6 is 11.8 Å². The average molecular weight is 399 g/mol. The van der Waals surface area contributed by atoms with Crippen molar-refractivity contribution in [2.24, 2.45) is 10.9 Å². The first-order chi connectivity index (χ1) is 13.4. The zero-order valence-electron chi connectivity index (χ0n) is 18.1. The van der Waals surface area contributed by atoms with Crippen molar-refractivity contribution >= 4 is 23.9 Å². The van der Waals surface area contributed by atoms with E-state index in [1.165, 1.54) is 21.6 Å². The highest BCUT2D eigenvalue weighted by Crippen LogP contribution is 2.39. The molecule has 1 N–H and O–H groups in total. The minimum Gasteiger partial charge on any atom is -0.359 e. The van der Waals surface area contributed by atoms with Gasteiger partial charge in [-0.15, -0.1) is 11.8 Å². The molecule has 1 rings (SSSR count). The van der Waals surface area contributed by atoms with Gasteiger partial charge in [0.25, 0.3) is 0 Å². The van der Waals surface area contributed by atoms with Crippen LogP contribution in [0.25, 0.3) is 0 Å². The normalized spacial score (nSPS) is 17.7. The summed E-state index contributed by atoms with van der Waals surface area (Å²) in [5.74, 6) is 1.24. The van der Waals surface area contributed by atoms with Gasteiger partial charge in [0.15, 0.2) is 0 Å². The Kier molecular flexibility index (Phi) is 11.3. The smallest absolute Gasteiger partial charge is 0.223 e. The number of nitrogens with one attached hydrogen (secondary N) is 1. The van der Waals surface area contributed by atoms with Gasteiger partial charge < -0.3 is 5.32 Å². The molecule has 0 aromatic heterocycles. The number of carbonyl (C=O) groups is 1. The number of carbonyl (C=O) groups excluding carboxylic acids is 1. The number of hydrogen-bond acceptors (Lipinski definition) is 3. The molecule has 152 valence electrons. The van der Waals surface area contributed by atoms with Crippen molar-refractivity contribution in [3.8, 4) is 0 Å². The molecule has 0 aromatic rings. The van der Waals surface area contributed by atoms with Crippen LogP contribution in [0.3, 0.4) is 0 Å². The SMILES string of the molecule is C/C=C\CC=CC(C)C1=C(C)SCC(/C=C(C)/N=C/C)=C1/C=C\CC(=O)NC. The van der Waals surface area contributed by atoms with Crippen LogP contribution in [0.2, 0.25) is 0 Å². The van der Waals surface area contributed by atoms with E-state index in [1.807, 2.05) is 44.8 Å². The molecule has 0 bridgehead atoms. The van der Waals surface area contributed by atoms with Crippen LogP contribution < -0.4 is 5.32 Å². The highest BCUT2D eigenvalue weighted by Gasteiger charge is 2.21. The van der Waals surface area contributed by atoms with Gasteiger partial charge in [-0.1, -0.05) is 43.4 Å². The summed E-state index contributed by atoms with van der Waals surface area (Å²) in [6.07, 6.45) is 18.1. The van der Waals surface area contributed by atoms with E-state index in [0.717, 1.165) is 17.9 Å². The number of nitrogens with zero attached hydrogens (tertiary/aromatic N) is 1. The third kappa shape index (κ3) is 7.89. The number of amides is 1. The van der Waals surface area contributed by atoms with E-state index >= 15 is 0 Å². The minimum absolute atomic E-state index is 0.0208. The molecule has 0 fully saturated rings. The monoisotopic (exact) mass is 398 g/mol. The van der Waals surface area contributed by atoms with E-state index in [2.05, 4.69) is 60.6 Å². The van der Waals surface area contributed by atoms with Crippen molar-refractivity contribution in [3.63, 3.8) is 0 Å². The Morgan fingerprint density at radius 1 is 1.29 bits per heavy atom. The number of allylic oxidation sites excluding steroid dienone is 10. The molecule has 0 saturated carbocycles. The van der Waals surface area contributed by atoms with Gasteiger partial charge in [0.2, 0.25) is 5.91 Å². The van der Waals surface area contributed by atoms with Crippen LogP contribution in [0.5, 0.6) is 0 Å². The second-order valence-corrected chi connectivity index (χ2v) is 7.86. The van der Waals surface area contributed by atoms with E-state index < -0.39 is 0 Å². The van der Waals surface area contributed by atoms with Crippen LogP contribution in [0.4, 0.5) is 0 Å². The summed E-state index contributed by atoms with van der Waals surface area (Å²) >= 11 is 1.88. The van der Waals surface area contributed by atoms with Crippen molar-refractivity contribution in [1.29, 1.82) is 0 Å². The Balaban J connectivity index is 3.33. The molecule has 1 aliphatic rings. The Labute approximate surface area is 175 Å².